The normalized spacial score (nSPS) is 20.6. The Kier molecular flexibility index (Phi) is 5.06. The van der Waals surface area contributed by atoms with Gasteiger partial charge in [-0.1, -0.05) is 12.1 Å². The summed E-state index contributed by atoms with van der Waals surface area (Å²) in [7, 11) is 0. The van der Waals surface area contributed by atoms with Crippen LogP contribution in [0.1, 0.15) is 6.42 Å². The lowest BCUT2D eigenvalue weighted by molar-refractivity contribution is -0.131. The Morgan fingerprint density at radius 3 is 2.85 bits per heavy atom. The molecule has 7 heteroatoms. The monoisotopic (exact) mass is 356 g/mol. The smallest absolute Gasteiger partial charge is 0.244 e. The van der Waals surface area contributed by atoms with Gasteiger partial charge < -0.3 is 14.4 Å². The summed E-state index contributed by atoms with van der Waals surface area (Å²) in [6, 6.07) is 9.62. The fourth-order valence-electron chi connectivity index (χ4n) is 3.48. The number of hydrogen-bond donors (Lipinski definition) is 0. The van der Waals surface area contributed by atoms with Crippen LogP contribution in [0.5, 0.6) is 11.5 Å². The summed E-state index contributed by atoms with van der Waals surface area (Å²) in [6.07, 6.45) is 4.51. The van der Waals surface area contributed by atoms with Crippen LogP contribution < -0.4 is 9.47 Å². The van der Waals surface area contributed by atoms with E-state index in [1.54, 1.807) is 10.9 Å². The molecule has 7 nitrogen and oxygen atoms in total. The average Bonchev–Trinajstić information content (AvgIpc) is 3.06. The van der Waals surface area contributed by atoms with Gasteiger partial charge in [-0.3, -0.25) is 14.4 Å². The highest BCUT2D eigenvalue weighted by Gasteiger charge is 2.25. The summed E-state index contributed by atoms with van der Waals surface area (Å²) in [6.45, 7) is 5.04. The van der Waals surface area contributed by atoms with E-state index in [0.717, 1.165) is 50.6 Å². The summed E-state index contributed by atoms with van der Waals surface area (Å²) in [4.78, 5) is 16.8. The fourth-order valence-corrected chi connectivity index (χ4v) is 3.48. The number of carbonyl (C=O) groups excluding carboxylic acids is 1. The molecule has 2 aliphatic rings. The predicted octanol–water partition coefficient (Wildman–Crippen LogP) is 1.26. The summed E-state index contributed by atoms with van der Waals surface area (Å²) in [5.41, 5.74) is 0. The molecule has 0 bridgehead atoms. The van der Waals surface area contributed by atoms with Crippen LogP contribution in [-0.4, -0.2) is 70.9 Å². The minimum absolute atomic E-state index is 0.0243. The number of aromatic nitrogens is 2. The fraction of sp³-hybridized carbons (Fsp3) is 0.474. The molecule has 4 rings (SSSR count). The van der Waals surface area contributed by atoms with Gasteiger partial charge in [-0.05, 0) is 24.6 Å². The van der Waals surface area contributed by atoms with E-state index in [4.69, 9.17) is 9.47 Å². The van der Waals surface area contributed by atoms with Gasteiger partial charge >= 0.3 is 0 Å². The van der Waals surface area contributed by atoms with E-state index < -0.39 is 0 Å². The maximum Gasteiger partial charge on any atom is 0.244 e. The Bertz CT molecular complexity index is 734. The van der Waals surface area contributed by atoms with Gasteiger partial charge in [-0.15, -0.1) is 0 Å². The molecule has 0 aliphatic carbocycles. The highest BCUT2D eigenvalue weighted by atomic mass is 16.6. The quantitative estimate of drug-likeness (QED) is 0.825. The van der Waals surface area contributed by atoms with Crippen LogP contribution in [-0.2, 0) is 11.3 Å². The molecule has 1 saturated heterocycles. The topological polar surface area (TPSA) is 59.8 Å². The number of benzene rings is 1. The molecule has 1 aromatic heterocycles. The zero-order valence-electron chi connectivity index (χ0n) is 14.8. The molecule has 1 amide bonds. The van der Waals surface area contributed by atoms with Crippen molar-refractivity contribution in [2.75, 3.05) is 39.3 Å². The van der Waals surface area contributed by atoms with Crippen molar-refractivity contribution in [2.24, 2.45) is 0 Å². The Labute approximate surface area is 153 Å². The molecule has 2 aromatic rings. The number of nitrogens with zero attached hydrogens (tertiary/aromatic N) is 4. The van der Waals surface area contributed by atoms with Crippen molar-refractivity contribution >= 4 is 5.91 Å². The lowest BCUT2D eigenvalue weighted by Crippen LogP contribution is -2.43. The molecule has 1 aromatic carbocycles. The standard InChI is InChI=1S/C19H24N4O3/c24-19(14-23-10-3-7-20-23)22-9-4-8-21(11-12-22)13-16-15-25-17-5-1-2-6-18(17)26-16/h1-3,5-7,10,16H,4,8-9,11-15H2. The summed E-state index contributed by atoms with van der Waals surface area (Å²) >= 11 is 0. The highest BCUT2D eigenvalue weighted by Crippen LogP contribution is 2.31. The molecule has 0 radical (unpaired) electrons. The van der Waals surface area contributed by atoms with Crippen molar-refractivity contribution in [1.82, 2.24) is 19.6 Å². The van der Waals surface area contributed by atoms with Crippen LogP contribution in [0.4, 0.5) is 0 Å². The highest BCUT2D eigenvalue weighted by molar-refractivity contribution is 5.75. The first kappa shape index (κ1) is 16.9. The Morgan fingerprint density at radius 1 is 1.12 bits per heavy atom. The maximum atomic E-state index is 12.5. The third kappa shape index (κ3) is 3.99. The summed E-state index contributed by atoms with van der Waals surface area (Å²) < 4.78 is 13.5. The van der Waals surface area contributed by atoms with E-state index in [2.05, 4.69) is 10.00 Å². The van der Waals surface area contributed by atoms with Gasteiger partial charge in [-0.2, -0.15) is 5.10 Å². The van der Waals surface area contributed by atoms with E-state index in [1.165, 1.54) is 0 Å². The first-order valence-corrected chi connectivity index (χ1v) is 9.14. The van der Waals surface area contributed by atoms with Crippen molar-refractivity contribution < 1.29 is 14.3 Å². The number of amides is 1. The second-order valence-corrected chi connectivity index (χ2v) is 6.74. The number of para-hydroxylation sites is 2. The molecule has 26 heavy (non-hydrogen) atoms. The summed E-state index contributed by atoms with van der Waals surface area (Å²) in [5, 5.41) is 4.11. The molecule has 0 spiro atoms. The van der Waals surface area contributed by atoms with Crippen molar-refractivity contribution in [3.8, 4) is 11.5 Å². The van der Waals surface area contributed by atoms with Crippen molar-refractivity contribution in [2.45, 2.75) is 19.1 Å². The summed E-state index contributed by atoms with van der Waals surface area (Å²) in [5.74, 6) is 1.76. The predicted molar refractivity (Wildman–Crippen MR) is 96.2 cm³/mol. The SMILES string of the molecule is O=C(Cn1cccn1)N1CCCN(CC2COc3ccccc3O2)CC1. The first-order chi connectivity index (χ1) is 12.8. The van der Waals surface area contributed by atoms with E-state index in [0.29, 0.717) is 13.2 Å². The van der Waals surface area contributed by atoms with Crippen LogP contribution in [0, 0.1) is 0 Å². The molecular weight excluding hydrogens is 332 g/mol. The molecule has 2 aliphatic heterocycles. The largest absolute Gasteiger partial charge is 0.486 e. The van der Waals surface area contributed by atoms with Gasteiger partial charge in [0.05, 0.1) is 0 Å². The Hall–Kier alpha value is -2.54. The van der Waals surface area contributed by atoms with Gasteiger partial charge in [0.15, 0.2) is 11.5 Å². The van der Waals surface area contributed by atoms with Crippen molar-refractivity contribution in [1.29, 1.82) is 0 Å². The van der Waals surface area contributed by atoms with Gasteiger partial charge in [0, 0.05) is 45.1 Å². The molecule has 1 atom stereocenters. The molecule has 0 saturated carbocycles. The number of fused-ring (bicyclic) bond motifs is 1. The minimum Gasteiger partial charge on any atom is -0.486 e. The molecular formula is C19H24N4O3. The lowest BCUT2D eigenvalue weighted by atomic mass is 10.2. The van der Waals surface area contributed by atoms with Crippen LogP contribution in [0.15, 0.2) is 42.7 Å². The van der Waals surface area contributed by atoms with Gasteiger partial charge in [0.1, 0.15) is 19.3 Å². The third-order valence-corrected chi connectivity index (χ3v) is 4.83. The zero-order valence-corrected chi connectivity index (χ0v) is 14.8. The average molecular weight is 356 g/mol. The van der Waals surface area contributed by atoms with Gasteiger partial charge in [0.25, 0.3) is 0 Å². The zero-order chi connectivity index (χ0) is 17.8. The van der Waals surface area contributed by atoms with Crippen molar-refractivity contribution in [3.63, 3.8) is 0 Å². The van der Waals surface area contributed by atoms with Crippen LogP contribution >= 0.6 is 0 Å². The second kappa shape index (κ2) is 7.78. The molecule has 3 heterocycles. The number of ether oxygens (including phenoxy) is 2. The van der Waals surface area contributed by atoms with Crippen LogP contribution in [0.3, 0.4) is 0 Å². The number of carbonyl (C=O) groups is 1. The molecule has 1 fully saturated rings. The number of hydrogen-bond acceptors (Lipinski definition) is 5. The third-order valence-electron chi connectivity index (χ3n) is 4.83. The van der Waals surface area contributed by atoms with Gasteiger partial charge in [-0.25, -0.2) is 0 Å². The van der Waals surface area contributed by atoms with E-state index in [1.807, 2.05) is 41.4 Å². The Morgan fingerprint density at radius 2 is 2.00 bits per heavy atom. The number of rotatable bonds is 4. The van der Waals surface area contributed by atoms with Crippen LogP contribution in [0.2, 0.25) is 0 Å². The van der Waals surface area contributed by atoms with Crippen LogP contribution in [0.25, 0.3) is 0 Å². The maximum absolute atomic E-state index is 12.5. The van der Waals surface area contributed by atoms with E-state index >= 15 is 0 Å². The molecule has 138 valence electrons. The van der Waals surface area contributed by atoms with E-state index in [9.17, 15) is 4.79 Å². The lowest BCUT2D eigenvalue weighted by Gasteiger charge is -2.30. The van der Waals surface area contributed by atoms with E-state index in [-0.39, 0.29) is 12.0 Å². The molecule has 0 N–H and O–H groups in total. The molecule has 1 unspecified atom stereocenters. The minimum atomic E-state index is 0.0243. The van der Waals surface area contributed by atoms with Gasteiger partial charge in [0.2, 0.25) is 5.91 Å². The second-order valence-electron chi connectivity index (χ2n) is 6.74. The Balaban J connectivity index is 1.28. The first-order valence-electron chi connectivity index (χ1n) is 9.14. The van der Waals surface area contributed by atoms with Crippen molar-refractivity contribution in [3.05, 3.63) is 42.7 Å².